The maximum Gasteiger partial charge on any atom is 0.321 e. The average molecular weight is 390 g/mol. The summed E-state index contributed by atoms with van der Waals surface area (Å²) < 4.78 is 5.86. The van der Waals surface area contributed by atoms with E-state index in [4.69, 9.17) is 9.72 Å². The number of anilines is 1. The Morgan fingerprint density at radius 2 is 2.22 bits per heavy atom. The number of ether oxygens (including phenoxy) is 1. The largest absolute Gasteiger partial charge is 0.461 e. The van der Waals surface area contributed by atoms with Crippen molar-refractivity contribution in [3.63, 3.8) is 0 Å². The topological polar surface area (TPSA) is 80.3 Å². The van der Waals surface area contributed by atoms with Gasteiger partial charge in [-0.1, -0.05) is 26.8 Å². The minimum Gasteiger partial charge on any atom is -0.461 e. The number of fused-ring (bicyclic) bond motifs is 4. The summed E-state index contributed by atoms with van der Waals surface area (Å²) in [6.45, 7) is 10.5. The van der Waals surface area contributed by atoms with E-state index in [1.807, 2.05) is 6.92 Å². The van der Waals surface area contributed by atoms with Gasteiger partial charge in [0.15, 0.2) is 5.13 Å². The predicted octanol–water partition coefficient (Wildman–Crippen LogP) is 3.70. The van der Waals surface area contributed by atoms with Crippen LogP contribution in [0.1, 0.15) is 50.1 Å². The van der Waals surface area contributed by atoms with E-state index in [2.05, 4.69) is 31.1 Å². The first-order valence-electron chi connectivity index (χ1n) is 9.70. The highest BCUT2D eigenvalue weighted by Crippen LogP contribution is 2.59. The van der Waals surface area contributed by atoms with Gasteiger partial charge in [-0.3, -0.25) is 10.1 Å². The van der Waals surface area contributed by atoms with E-state index in [0.717, 1.165) is 25.0 Å². The molecule has 146 valence electrons. The molecule has 0 radical (unpaired) electrons. The third-order valence-electron chi connectivity index (χ3n) is 6.79. The summed E-state index contributed by atoms with van der Waals surface area (Å²) >= 11 is 1.56. The second kappa shape index (κ2) is 6.62. The van der Waals surface area contributed by atoms with Crippen molar-refractivity contribution in [2.75, 3.05) is 11.9 Å². The van der Waals surface area contributed by atoms with Gasteiger partial charge in [0.25, 0.3) is 0 Å². The van der Waals surface area contributed by atoms with Crippen LogP contribution >= 0.6 is 11.3 Å². The third-order valence-corrected chi connectivity index (χ3v) is 7.77. The smallest absolute Gasteiger partial charge is 0.321 e. The normalized spacial score (nSPS) is 36.9. The van der Waals surface area contributed by atoms with E-state index in [1.54, 1.807) is 17.4 Å². The second-order valence-corrected chi connectivity index (χ2v) is 9.57. The van der Waals surface area contributed by atoms with Crippen molar-refractivity contribution < 1.29 is 14.3 Å². The molecular weight excluding hydrogens is 362 g/mol. The van der Waals surface area contributed by atoms with E-state index < -0.39 is 0 Å². The zero-order valence-corrected chi connectivity index (χ0v) is 16.9. The van der Waals surface area contributed by atoms with Gasteiger partial charge in [-0.25, -0.2) is 9.78 Å². The van der Waals surface area contributed by atoms with Gasteiger partial charge in [0.1, 0.15) is 6.10 Å². The summed E-state index contributed by atoms with van der Waals surface area (Å²) in [5.74, 6) is 0.747. The van der Waals surface area contributed by atoms with Crippen LogP contribution in [0, 0.1) is 23.2 Å². The van der Waals surface area contributed by atoms with Crippen LogP contribution < -0.4 is 10.6 Å². The van der Waals surface area contributed by atoms with Gasteiger partial charge >= 0.3 is 12.0 Å². The lowest BCUT2D eigenvalue weighted by molar-refractivity contribution is -0.149. The van der Waals surface area contributed by atoms with Crippen molar-refractivity contribution in [3.8, 4) is 0 Å². The Morgan fingerprint density at radius 3 is 2.96 bits per heavy atom. The van der Waals surface area contributed by atoms with Gasteiger partial charge in [-0.05, 0) is 24.7 Å². The molecular formula is C20H27N3O3S. The number of hydrogen-bond donors (Lipinski definition) is 2. The number of rotatable bonds is 3. The van der Waals surface area contributed by atoms with Crippen molar-refractivity contribution in [3.05, 3.63) is 23.2 Å². The second-order valence-electron chi connectivity index (χ2n) is 8.49. The SMILES string of the molecule is C=CCNC(=O)Nc1nc2c(s1)C[C@@]1(C)CC[C@@H]3[C@@H](OC(=O)[C@H]3C)[C@H]1[C@H]2C. The molecule has 1 saturated carbocycles. The van der Waals surface area contributed by atoms with Crippen molar-refractivity contribution in [2.24, 2.45) is 23.2 Å². The minimum atomic E-state index is -0.268. The van der Waals surface area contributed by atoms with Gasteiger partial charge in [-0.2, -0.15) is 0 Å². The molecule has 6 nitrogen and oxygen atoms in total. The molecule has 1 saturated heterocycles. The van der Waals surface area contributed by atoms with Gasteiger partial charge in [0, 0.05) is 29.2 Å². The number of esters is 1. The fourth-order valence-electron chi connectivity index (χ4n) is 5.44. The summed E-state index contributed by atoms with van der Waals surface area (Å²) in [5.41, 5.74) is 1.16. The molecule has 0 spiro atoms. The van der Waals surface area contributed by atoms with Gasteiger partial charge in [0.05, 0.1) is 11.6 Å². The lowest BCUT2D eigenvalue weighted by Gasteiger charge is -2.51. The van der Waals surface area contributed by atoms with Crippen molar-refractivity contribution in [2.45, 2.75) is 52.1 Å². The molecule has 2 amide bonds. The zero-order chi connectivity index (χ0) is 19.3. The highest BCUT2D eigenvalue weighted by atomic mass is 32.1. The van der Waals surface area contributed by atoms with Crippen LogP contribution in [0.5, 0.6) is 0 Å². The van der Waals surface area contributed by atoms with Crippen LogP contribution in [-0.2, 0) is 16.0 Å². The summed E-state index contributed by atoms with van der Waals surface area (Å²) in [5, 5.41) is 6.17. The maximum absolute atomic E-state index is 12.2. The Morgan fingerprint density at radius 1 is 1.44 bits per heavy atom. The van der Waals surface area contributed by atoms with Crippen LogP contribution in [-0.4, -0.2) is 29.6 Å². The van der Waals surface area contributed by atoms with Crippen LogP contribution in [0.2, 0.25) is 0 Å². The highest BCUT2D eigenvalue weighted by Gasteiger charge is 2.58. The monoisotopic (exact) mass is 389 g/mol. The molecule has 0 unspecified atom stereocenters. The fraction of sp³-hybridized carbons (Fsp3) is 0.650. The van der Waals surface area contributed by atoms with E-state index in [1.165, 1.54) is 4.88 Å². The molecule has 7 heteroatoms. The minimum absolute atomic E-state index is 0.00522. The maximum atomic E-state index is 12.2. The van der Waals surface area contributed by atoms with Gasteiger partial charge in [0.2, 0.25) is 0 Å². The molecule has 2 heterocycles. The van der Waals surface area contributed by atoms with E-state index >= 15 is 0 Å². The molecule has 2 N–H and O–H groups in total. The highest BCUT2D eigenvalue weighted by molar-refractivity contribution is 7.15. The molecule has 1 aromatic rings. The third kappa shape index (κ3) is 2.96. The van der Waals surface area contributed by atoms with Gasteiger partial charge in [-0.15, -0.1) is 17.9 Å². The fourth-order valence-corrected chi connectivity index (χ4v) is 6.70. The molecule has 0 bridgehead atoms. The zero-order valence-electron chi connectivity index (χ0n) is 16.1. The lowest BCUT2D eigenvalue weighted by atomic mass is 9.54. The van der Waals surface area contributed by atoms with Crippen LogP contribution in [0.4, 0.5) is 9.93 Å². The number of carbonyl (C=O) groups excluding carboxylic acids is 2. The number of aromatic nitrogens is 1. The number of nitrogens with zero attached hydrogens (tertiary/aromatic N) is 1. The first kappa shape index (κ1) is 18.5. The first-order chi connectivity index (χ1) is 12.8. The molecule has 3 aliphatic rings. The molecule has 1 aliphatic heterocycles. The lowest BCUT2D eigenvalue weighted by Crippen LogP contribution is -2.50. The Balaban J connectivity index is 1.60. The van der Waals surface area contributed by atoms with Crippen LogP contribution in [0.15, 0.2) is 12.7 Å². The Bertz CT molecular complexity index is 791. The molecule has 2 aliphatic carbocycles. The molecule has 0 aromatic carbocycles. The first-order valence-corrected chi connectivity index (χ1v) is 10.5. The molecule has 2 fully saturated rings. The molecule has 4 rings (SSSR count). The Kier molecular flexibility index (Phi) is 4.53. The van der Waals surface area contributed by atoms with Crippen LogP contribution in [0.25, 0.3) is 0 Å². The number of hydrogen-bond acceptors (Lipinski definition) is 5. The number of nitrogens with one attached hydrogen (secondary N) is 2. The summed E-state index contributed by atoms with van der Waals surface area (Å²) in [6, 6.07) is -0.268. The van der Waals surface area contributed by atoms with E-state index in [9.17, 15) is 9.59 Å². The van der Waals surface area contributed by atoms with Crippen molar-refractivity contribution >= 4 is 28.5 Å². The summed E-state index contributed by atoms with van der Waals surface area (Å²) in [4.78, 5) is 30.1. The standard InChI is InChI=1S/C20H27N3O3S/c1-5-8-21-18(25)23-19-22-15-11(3)14-16-12(10(2)17(24)26-16)6-7-20(14,4)9-13(15)27-19/h5,10-12,14,16H,1,6-9H2,2-4H3,(H2,21,22,23,25)/t10-,11+,12-,14+,16+,20+/m0/s1. The average Bonchev–Trinajstić information content (AvgIpc) is 3.13. The quantitative estimate of drug-likeness (QED) is 0.610. The molecule has 27 heavy (non-hydrogen) atoms. The predicted molar refractivity (Wildman–Crippen MR) is 105 cm³/mol. The number of carbonyl (C=O) groups is 2. The Hall–Kier alpha value is -1.89. The number of amides is 2. The van der Waals surface area contributed by atoms with Crippen molar-refractivity contribution in [1.29, 1.82) is 0 Å². The summed E-state index contributed by atoms with van der Waals surface area (Å²) in [7, 11) is 0. The number of thiazole rings is 1. The van der Waals surface area contributed by atoms with Gasteiger partial charge < -0.3 is 10.1 Å². The summed E-state index contributed by atoms with van der Waals surface area (Å²) in [6.07, 6.45) is 4.70. The van der Waals surface area contributed by atoms with Crippen molar-refractivity contribution in [1.82, 2.24) is 10.3 Å². The molecule has 1 aromatic heterocycles. The Labute approximate surface area is 163 Å². The number of urea groups is 1. The van der Waals surface area contributed by atoms with E-state index in [-0.39, 0.29) is 41.3 Å². The van der Waals surface area contributed by atoms with E-state index in [0.29, 0.717) is 17.6 Å². The van der Waals surface area contributed by atoms with Crippen LogP contribution in [0.3, 0.4) is 0 Å². The molecule has 6 atom stereocenters.